The average molecular weight is 212 g/mol. The topological polar surface area (TPSA) is 37.3 Å². The number of carboxylic acids is 1. The van der Waals surface area contributed by atoms with E-state index in [-0.39, 0.29) is 0 Å². The van der Waals surface area contributed by atoms with Crippen LogP contribution in [-0.2, 0) is 10.2 Å². The highest BCUT2D eigenvalue weighted by Crippen LogP contribution is 2.53. The number of benzene rings is 1. The van der Waals surface area contributed by atoms with E-state index < -0.39 is 30.1 Å². The number of carboxylic acid groups (broad SMARTS) is 1. The first-order chi connectivity index (χ1) is 6.96. The molecule has 1 aromatic rings. The van der Waals surface area contributed by atoms with Crippen LogP contribution >= 0.6 is 0 Å². The number of aliphatic carboxylic acids is 1. The highest BCUT2D eigenvalue weighted by molar-refractivity contribution is 5.83. The first kappa shape index (κ1) is 10.1. The maximum Gasteiger partial charge on any atom is 0.314 e. The Hall–Kier alpha value is -1.45. The molecule has 0 aromatic heterocycles. The van der Waals surface area contributed by atoms with Gasteiger partial charge in [0.25, 0.3) is 5.92 Å². The molecular formula is C11H10F2O2. The summed E-state index contributed by atoms with van der Waals surface area (Å²) in [6, 6.07) is 8.23. The lowest BCUT2D eigenvalue weighted by molar-refractivity contribution is -0.174. The van der Waals surface area contributed by atoms with Crippen molar-refractivity contribution in [3.8, 4) is 0 Å². The van der Waals surface area contributed by atoms with E-state index >= 15 is 0 Å². The Kier molecular flexibility index (Phi) is 2.03. The first-order valence-electron chi connectivity index (χ1n) is 4.63. The maximum atomic E-state index is 12.8. The molecule has 80 valence electrons. The smallest absolute Gasteiger partial charge is 0.314 e. The van der Waals surface area contributed by atoms with Crippen molar-refractivity contribution in [3.05, 3.63) is 35.9 Å². The summed E-state index contributed by atoms with van der Waals surface area (Å²) in [5, 5.41) is 9.04. The van der Waals surface area contributed by atoms with Crippen molar-refractivity contribution in [1.82, 2.24) is 0 Å². The normalized spacial score (nSPS) is 21.7. The molecule has 2 nitrogen and oxygen atoms in total. The monoisotopic (exact) mass is 212 g/mol. The van der Waals surface area contributed by atoms with E-state index in [1.807, 2.05) is 0 Å². The number of rotatable bonds is 2. The number of hydrogen-bond donors (Lipinski definition) is 1. The fourth-order valence-electron chi connectivity index (χ4n) is 2.07. The van der Waals surface area contributed by atoms with Gasteiger partial charge >= 0.3 is 5.97 Å². The van der Waals surface area contributed by atoms with E-state index in [4.69, 9.17) is 5.11 Å². The van der Waals surface area contributed by atoms with Crippen molar-refractivity contribution < 1.29 is 18.7 Å². The largest absolute Gasteiger partial charge is 0.481 e. The second-order valence-electron chi connectivity index (χ2n) is 3.96. The number of hydrogen-bond acceptors (Lipinski definition) is 1. The van der Waals surface area contributed by atoms with Gasteiger partial charge in [0.15, 0.2) is 0 Å². The van der Waals surface area contributed by atoms with Crippen LogP contribution in [0.25, 0.3) is 0 Å². The van der Waals surface area contributed by atoms with E-state index in [0.717, 1.165) is 0 Å². The summed E-state index contributed by atoms with van der Waals surface area (Å²) in [4.78, 5) is 11.1. The number of halogens is 2. The molecule has 4 heteroatoms. The lowest BCUT2D eigenvalue weighted by atomic mass is 9.62. The Morgan fingerprint density at radius 2 is 1.73 bits per heavy atom. The van der Waals surface area contributed by atoms with Crippen molar-refractivity contribution in [3.63, 3.8) is 0 Å². The lowest BCUT2D eigenvalue weighted by Gasteiger charge is -2.44. The molecule has 15 heavy (non-hydrogen) atoms. The SMILES string of the molecule is O=C(O)C1(c2ccccc2)CC(F)(F)C1. The van der Waals surface area contributed by atoms with Crippen LogP contribution in [0.15, 0.2) is 30.3 Å². The van der Waals surface area contributed by atoms with Crippen LogP contribution in [-0.4, -0.2) is 17.0 Å². The minimum absolute atomic E-state index is 0.462. The van der Waals surface area contributed by atoms with Gasteiger partial charge in [0.05, 0.1) is 0 Å². The molecule has 0 atom stereocenters. The molecule has 1 aromatic carbocycles. The van der Waals surface area contributed by atoms with Crippen molar-refractivity contribution in [2.45, 2.75) is 24.2 Å². The van der Waals surface area contributed by atoms with Crippen molar-refractivity contribution in [2.75, 3.05) is 0 Å². The quantitative estimate of drug-likeness (QED) is 0.817. The van der Waals surface area contributed by atoms with Crippen molar-refractivity contribution in [2.24, 2.45) is 0 Å². The maximum absolute atomic E-state index is 12.8. The van der Waals surface area contributed by atoms with Crippen LogP contribution in [0.2, 0.25) is 0 Å². The van der Waals surface area contributed by atoms with Gasteiger partial charge in [-0.25, -0.2) is 8.78 Å². The predicted octanol–water partition coefficient (Wildman–Crippen LogP) is 2.44. The second kappa shape index (κ2) is 3.02. The van der Waals surface area contributed by atoms with E-state index in [9.17, 15) is 13.6 Å². The van der Waals surface area contributed by atoms with Crippen LogP contribution in [0.5, 0.6) is 0 Å². The van der Waals surface area contributed by atoms with Gasteiger partial charge in [-0.3, -0.25) is 4.79 Å². The standard InChI is InChI=1S/C11H10F2O2/c12-11(13)6-10(7-11,9(14)15)8-4-2-1-3-5-8/h1-5H,6-7H2,(H,14,15). The zero-order valence-corrected chi connectivity index (χ0v) is 7.91. The van der Waals surface area contributed by atoms with Gasteiger partial charge in [-0.2, -0.15) is 0 Å². The summed E-state index contributed by atoms with van der Waals surface area (Å²) in [6.07, 6.45) is -1.20. The first-order valence-corrected chi connectivity index (χ1v) is 4.63. The Labute approximate surface area is 85.5 Å². The summed E-state index contributed by atoms with van der Waals surface area (Å²) in [5.41, 5.74) is -0.923. The molecule has 0 aliphatic heterocycles. The third-order valence-electron chi connectivity index (χ3n) is 2.86. The number of alkyl halides is 2. The highest BCUT2D eigenvalue weighted by Gasteiger charge is 2.61. The minimum atomic E-state index is -2.84. The molecule has 2 rings (SSSR count). The summed E-state index contributed by atoms with van der Waals surface area (Å²) in [5.74, 6) is -4.01. The Morgan fingerprint density at radius 1 is 1.20 bits per heavy atom. The fraction of sp³-hybridized carbons (Fsp3) is 0.364. The second-order valence-corrected chi connectivity index (χ2v) is 3.96. The zero-order chi connectivity index (χ0) is 11.1. The Balaban J connectivity index is 2.36. The van der Waals surface area contributed by atoms with E-state index in [1.165, 1.54) is 0 Å². The molecule has 0 saturated heterocycles. The molecule has 0 radical (unpaired) electrons. The Morgan fingerprint density at radius 3 is 2.13 bits per heavy atom. The van der Waals surface area contributed by atoms with Crippen molar-refractivity contribution >= 4 is 5.97 Å². The van der Waals surface area contributed by atoms with Gasteiger partial charge < -0.3 is 5.11 Å². The summed E-state index contributed by atoms with van der Waals surface area (Å²) < 4.78 is 25.6. The fourth-order valence-corrected chi connectivity index (χ4v) is 2.07. The number of carbonyl (C=O) groups is 1. The molecule has 1 saturated carbocycles. The van der Waals surface area contributed by atoms with Gasteiger partial charge in [-0.05, 0) is 5.56 Å². The molecule has 1 aliphatic rings. The summed E-state index contributed by atoms with van der Waals surface area (Å²) in [6.45, 7) is 0. The summed E-state index contributed by atoms with van der Waals surface area (Å²) in [7, 11) is 0. The van der Waals surface area contributed by atoms with Crippen LogP contribution in [0.1, 0.15) is 18.4 Å². The molecular weight excluding hydrogens is 202 g/mol. The van der Waals surface area contributed by atoms with Crippen LogP contribution in [0, 0.1) is 0 Å². The third kappa shape index (κ3) is 1.50. The van der Waals surface area contributed by atoms with Crippen LogP contribution in [0.4, 0.5) is 8.78 Å². The van der Waals surface area contributed by atoms with E-state index in [0.29, 0.717) is 5.56 Å². The van der Waals surface area contributed by atoms with Gasteiger partial charge in [0.1, 0.15) is 5.41 Å². The molecule has 0 heterocycles. The molecule has 0 unspecified atom stereocenters. The molecule has 0 bridgehead atoms. The molecule has 0 spiro atoms. The third-order valence-corrected chi connectivity index (χ3v) is 2.86. The van der Waals surface area contributed by atoms with Gasteiger partial charge in [0, 0.05) is 12.8 Å². The zero-order valence-electron chi connectivity index (χ0n) is 7.91. The molecule has 1 N–H and O–H groups in total. The van der Waals surface area contributed by atoms with E-state index in [2.05, 4.69) is 0 Å². The summed E-state index contributed by atoms with van der Waals surface area (Å²) >= 11 is 0. The van der Waals surface area contributed by atoms with E-state index in [1.54, 1.807) is 30.3 Å². The highest BCUT2D eigenvalue weighted by atomic mass is 19.3. The molecule has 1 aliphatic carbocycles. The van der Waals surface area contributed by atoms with Gasteiger partial charge in [-0.15, -0.1) is 0 Å². The Bertz CT molecular complexity index is 379. The predicted molar refractivity (Wildman–Crippen MR) is 49.9 cm³/mol. The lowest BCUT2D eigenvalue weighted by Crippen LogP contribution is -2.54. The minimum Gasteiger partial charge on any atom is -0.481 e. The van der Waals surface area contributed by atoms with Gasteiger partial charge in [-0.1, -0.05) is 30.3 Å². The van der Waals surface area contributed by atoms with Crippen LogP contribution < -0.4 is 0 Å². The van der Waals surface area contributed by atoms with Crippen molar-refractivity contribution in [1.29, 1.82) is 0 Å². The molecule has 0 amide bonds. The van der Waals surface area contributed by atoms with Gasteiger partial charge in [0.2, 0.25) is 0 Å². The average Bonchev–Trinajstić information content (AvgIpc) is 2.14. The molecule has 1 fully saturated rings. The van der Waals surface area contributed by atoms with Crippen LogP contribution in [0.3, 0.4) is 0 Å².